The highest BCUT2D eigenvalue weighted by molar-refractivity contribution is 4.86. The molecule has 4 nitrogen and oxygen atoms in total. The molecule has 4 heteroatoms. The molecule has 2 aliphatic heterocycles. The van der Waals surface area contributed by atoms with Gasteiger partial charge in [0.25, 0.3) is 0 Å². The van der Waals surface area contributed by atoms with Gasteiger partial charge in [0.05, 0.1) is 0 Å². The molecule has 0 unspecified atom stereocenters. The number of rotatable bonds is 3. The van der Waals surface area contributed by atoms with Gasteiger partial charge in [0.1, 0.15) is 0 Å². The van der Waals surface area contributed by atoms with E-state index in [4.69, 9.17) is 10.5 Å². The van der Waals surface area contributed by atoms with E-state index < -0.39 is 0 Å². The smallest absolute Gasteiger partial charge is 0.0472 e. The van der Waals surface area contributed by atoms with E-state index in [1.165, 1.54) is 39.1 Å². The predicted molar refractivity (Wildman–Crippen MR) is 70.1 cm³/mol. The molecular formula is C13H27N3O. The molecule has 0 spiro atoms. The van der Waals surface area contributed by atoms with E-state index in [0.717, 1.165) is 32.6 Å². The predicted octanol–water partition coefficient (Wildman–Crippen LogP) is 0.379. The van der Waals surface area contributed by atoms with Gasteiger partial charge in [-0.3, -0.25) is 0 Å². The summed E-state index contributed by atoms with van der Waals surface area (Å²) in [5.41, 5.74) is 6.35. The molecule has 0 aromatic carbocycles. The molecule has 0 radical (unpaired) electrons. The van der Waals surface area contributed by atoms with E-state index in [0.29, 0.717) is 5.41 Å². The second kappa shape index (κ2) is 6.14. The van der Waals surface area contributed by atoms with Crippen molar-refractivity contribution in [2.24, 2.45) is 11.1 Å². The van der Waals surface area contributed by atoms with Crippen molar-refractivity contribution in [3.05, 3.63) is 0 Å². The van der Waals surface area contributed by atoms with Crippen LogP contribution in [0.5, 0.6) is 0 Å². The lowest BCUT2D eigenvalue weighted by Crippen LogP contribution is -2.46. The summed E-state index contributed by atoms with van der Waals surface area (Å²) < 4.78 is 5.48. The number of nitrogens with zero attached hydrogens (tertiary/aromatic N) is 2. The summed E-state index contributed by atoms with van der Waals surface area (Å²) in [5, 5.41) is 0. The molecule has 0 saturated carbocycles. The minimum Gasteiger partial charge on any atom is -0.381 e. The first-order valence-electron chi connectivity index (χ1n) is 6.93. The van der Waals surface area contributed by atoms with Gasteiger partial charge in [0.15, 0.2) is 0 Å². The van der Waals surface area contributed by atoms with Crippen molar-refractivity contribution >= 4 is 0 Å². The van der Waals surface area contributed by atoms with Crippen LogP contribution in [0.1, 0.15) is 19.3 Å². The fraction of sp³-hybridized carbons (Fsp3) is 1.00. The van der Waals surface area contributed by atoms with Gasteiger partial charge < -0.3 is 20.3 Å². The average Bonchev–Trinajstić information content (AvgIpc) is 2.56. The highest BCUT2D eigenvalue weighted by Crippen LogP contribution is 2.30. The summed E-state index contributed by atoms with van der Waals surface area (Å²) in [4.78, 5) is 5.04. The highest BCUT2D eigenvalue weighted by Gasteiger charge is 2.33. The van der Waals surface area contributed by atoms with Crippen molar-refractivity contribution in [2.75, 3.05) is 59.5 Å². The van der Waals surface area contributed by atoms with Crippen LogP contribution in [0.25, 0.3) is 0 Å². The summed E-state index contributed by atoms with van der Waals surface area (Å²) in [7, 11) is 2.22. The van der Waals surface area contributed by atoms with Gasteiger partial charge in [-0.2, -0.15) is 0 Å². The van der Waals surface area contributed by atoms with E-state index in [2.05, 4.69) is 16.8 Å². The van der Waals surface area contributed by atoms with Crippen molar-refractivity contribution in [3.8, 4) is 0 Å². The van der Waals surface area contributed by atoms with Gasteiger partial charge in [-0.05, 0) is 51.4 Å². The second-order valence-electron chi connectivity index (χ2n) is 5.75. The van der Waals surface area contributed by atoms with E-state index >= 15 is 0 Å². The molecule has 0 atom stereocenters. The lowest BCUT2D eigenvalue weighted by Gasteiger charge is -2.40. The van der Waals surface area contributed by atoms with Crippen LogP contribution in [0.15, 0.2) is 0 Å². The van der Waals surface area contributed by atoms with Gasteiger partial charge in [-0.15, -0.1) is 0 Å². The van der Waals surface area contributed by atoms with Gasteiger partial charge in [-0.25, -0.2) is 0 Å². The Morgan fingerprint density at radius 2 is 1.88 bits per heavy atom. The van der Waals surface area contributed by atoms with Crippen LogP contribution >= 0.6 is 0 Å². The van der Waals surface area contributed by atoms with Crippen LogP contribution in [0.4, 0.5) is 0 Å². The lowest BCUT2D eigenvalue weighted by atomic mass is 9.79. The largest absolute Gasteiger partial charge is 0.381 e. The minimum absolute atomic E-state index is 0.321. The van der Waals surface area contributed by atoms with E-state index in [9.17, 15) is 0 Å². The Labute approximate surface area is 105 Å². The first kappa shape index (κ1) is 13.3. The maximum atomic E-state index is 6.03. The average molecular weight is 241 g/mol. The summed E-state index contributed by atoms with van der Waals surface area (Å²) in [6.45, 7) is 8.61. The van der Waals surface area contributed by atoms with Gasteiger partial charge in [-0.1, -0.05) is 0 Å². The first-order chi connectivity index (χ1) is 8.24. The molecule has 2 rings (SSSR count). The fourth-order valence-electron chi connectivity index (χ4n) is 2.96. The van der Waals surface area contributed by atoms with Crippen molar-refractivity contribution < 1.29 is 4.74 Å². The molecule has 2 saturated heterocycles. The second-order valence-corrected chi connectivity index (χ2v) is 5.75. The summed E-state index contributed by atoms with van der Waals surface area (Å²) in [5.74, 6) is 0. The van der Waals surface area contributed by atoms with Crippen molar-refractivity contribution in [2.45, 2.75) is 19.3 Å². The third-order valence-electron chi connectivity index (χ3n) is 4.36. The molecule has 0 bridgehead atoms. The normalized spacial score (nSPS) is 27.9. The Bertz CT molecular complexity index is 229. The van der Waals surface area contributed by atoms with Crippen LogP contribution in [-0.4, -0.2) is 69.3 Å². The summed E-state index contributed by atoms with van der Waals surface area (Å²) in [6.07, 6.45) is 3.55. The van der Waals surface area contributed by atoms with Crippen LogP contribution in [0.3, 0.4) is 0 Å². The molecular weight excluding hydrogens is 214 g/mol. The van der Waals surface area contributed by atoms with Gasteiger partial charge >= 0.3 is 0 Å². The Morgan fingerprint density at radius 1 is 1.12 bits per heavy atom. The first-order valence-corrected chi connectivity index (χ1v) is 6.93. The zero-order valence-corrected chi connectivity index (χ0v) is 11.2. The van der Waals surface area contributed by atoms with Crippen LogP contribution in [-0.2, 0) is 4.74 Å². The molecule has 2 fully saturated rings. The molecule has 2 aliphatic rings. The zero-order valence-electron chi connectivity index (χ0n) is 11.2. The molecule has 0 aliphatic carbocycles. The van der Waals surface area contributed by atoms with Crippen molar-refractivity contribution in [1.29, 1.82) is 0 Å². The molecule has 17 heavy (non-hydrogen) atoms. The van der Waals surface area contributed by atoms with Crippen molar-refractivity contribution in [1.82, 2.24) is 9.80 Å². The lowest BCUT2D eigenvalue weighted by molar-refractivity contribution is 0.000553. The third-order valence-corrected chi connectivity index (χ3v) is 4.36. The summed E-state index contributed by atoms with van der Waals surface area (Å²) >= 11 is 0. The SMILES string of the molecule is CN1CCCN(CC2(CN)CCOCC2)CC1. The van der Waals surface area contributed by atoms with Gasteiger partial charge in [0, 0.05) is 32.8 Å². The number of hydrogen-bond donors (Lipinski definition) is 1. The standard InChI is InChI=1S/C13H27N3O/c1-15-5-2-6-16(8-7-15)12-13(11-14)3-9-17-10-4-13/h2-12,14H2,1H3. The maximum absolute atomic E-state index is 6.03. The van der Waals surface area contributed by atoms with Crippen LogP contribution < -0.4 is 5.73 Å². The number of nitrogens with two attached hydrogens (primary N) is 1. The maximum Gasteiger partial charge on any atom is 0.0472 e. The van der Waals surface area contributed by atoms with E-state index in [1.54, 1.807) is 0 Å². The monoisotopic (exact) mass is 241 g/mol. The Balaban J connectivity index is 1.88. The van der Waals surface area contributed by atoms with Crippen molar-refractivity contribution in [3.63, 3.8) is 0 Å². The zero-order chi connectivity index (χ0) is 12.1. The molecule has 100 valence electrons. The highest BCUT2D eigenvalue weighted by atomic mass is 16.5. The van der Waals surface area contributed by atoms with Gasteiger partial charge in [0.2, 0.25) is 0 Å². The van der Waals surface area contributed by atoms with Crippen LogP contribution in [0, 0.1) is 5.41 Å². The third kappa shape index (κ3) is 3.65. The number of hydrogen-bond acceptors (Lipinski definition) is 4. The Hall–Kier alpha value is -0.160. The van der Waals surface area contributed by atoms with Crippen LogP contribution in [0.2, 0.25) is 0 Å². The molecule has 0 amide bonds. The Kier molecular flexibility index (Phi) is 4.79. The quantitative estimate of drug-likeness (QED) is 0.775. The van der Waals surface area contributed by atoms with E-state index in [1.807, 2.05) is 0 Å². The molecule has 0 aromatic rings. The Morgan fingerprint density at radius 3 is 2.59 bits per heavy atom. The topological polar surface area (TPSA) is 41.7 Å². The molecule has 2 N–H and O–H groups in total. The fourth-order valence-corrected chi connectivity index (χ4v) is 2.96. The van der Waals surface area contributed by atoms with E-state index in [-0.39, 0.29) is 0 Å². The number of likely N-dealkylation sites (N-methyl/N-ethyl adjacent to an activating group) is 1. The molecule has 0 aromatic heterocycles. The molecule has 2 heterocycles. The number of ether oxygens (including phenoxy) is 1. The minimum atomic E-state index is 0.321. The summed E-state index contributed by atoms with van der Waals surface area (Å²) in [6, 6.07) is 0.